The molecule has 0 atom stereocenters. The maximum atomic E-state index is 13.7. The maximum absolute atomic E-state index is 13.7. The van der Waals surface area contributed by atoms with Crippen molar-refractivity contribution in [2.24, 2.45) is 4.99 Å². The lowest BCUT2D eigenvalue weighted by Crippen LogP contribution is -2.53. The number of hydrogen-bond acceptors (Lipinski definition) is 9. The summed E-state index contributed by atoms with van der Waals surface area (Å²) in [7, 11) is 0. The number of unbranched alkanes of at least 4 members (excludes halogenated alkanes) is 5. The van der Waals surface area contributed by atoms with E-state index in [1.54, 1.807) is 87.6 Å². The molecule has 13 heteroatoms. The first-order valence-electron chi connectivity index (χ1n) is 16.3. The number of halogens is 1. The van der Waals surface area contributed by atoms with Gasteiger partial charge in [0.2, 0.25) is 11.8 Å². The van der Waals surface area contributed by atoms with Gasteiger partial charge in [-0.1, -0.05) is 35.2 Å². The number of carbonyl (C=O) groups is 3. The molecule has 266 valence electrons. The zero-order valence-electron chi connectivity index (χ0n) is 30.0. The molecule has 0 radical (unpaired) electrons. The average Bonchev–Trinajstić information content (AvgIpc) is 2.91. The molecule has 1 aromatic heterocycles. The van der Waals surface area contributed by atoms with Crippen molar-refractivity contribution in [2.45, 2.75) is 131 Å². The molecule has 0 bridgehead atoms. The van der Waals surface area contributed by atoms with Crippen LogP contribution in [0.15, 0.2) is 23.3 Å². The Bertz CT molecular complexity index is 1190. The highest BCUT2D eigenvalue weighted by Gasteiger charge is 2.35. The van der Waals surface area contributed by atoms with Crippen LogP contribution in [0.1, 0.15) is 120 Å². The van der Waals surface area contributed by atoms with Crippen molar-refractivity contribution < 1.29 is 33.3 Å². The van der Waals surface area contributed by atoms with E-state index < -0.39 is 35.1 Å². The number of nitrogens with zero attached hydrogens (tertiary/aromatic N) is 4. The van der Waals surface area contributed by atoms with Gasteiger partial charge >= 0.3 is 18.3 Å². The third kappa shape index (κ3) is 18.6. The van der Waals surface area contributed by atoms with E-state index in [4.69, 9.17) is 24.4 Å². The second-order valence-corrected chi connectivity index (χ2v) is 15.0. The van der Waals surface area contributed by atoms with Gasteiger partial charge in [-0.3, -0.25) is 0 Å². The largest absolute Gasteiger partial charge is 0.478 e. The molecular weight excluding hydrogens is 670 g/mol. The van der Waals surface area contributed by atoms with Gasteiger partial charge in [0.15, 0.2) is 0 Å². The van der Waals surface area contributed by atoms with Crippen LogP contribution in [0.5, 0.6) is 5.88 Å². The molecule has 0 unspecified atom stereocenters. The molecule has 3 amide bonds. The minimum Gasteiger partial charge on any atom is -0.478 e. The molecule has 0 aliphatic heterocycles. The fourth-order valence-electron chi connectivity index (χ4n) is 3.94. The standard InChI is InChI=1S/C34H56BrN5O7/c1-25(36)26-18-19-27(37-24-26)44-23-17-16-22-40(31(43)47-34(8,9)10)28(38-29(41)45-32(2,3)4)39(30(42)46-33(5,6)7)21-15-13-11-12-14-20-35/h18-19,24,36H,11-17,20-23H2,1-10H3. The molecule has 0 saturated heterocycles. The van der Waals surface area contributed by atoms with Crippen molar-refractivity contribution in [3.05, 3.63) is 23.9 Å². The van der Waals surface area contributed by atoms with E-state index in [-0.39, 0.29) is 19.0 Å². The van der Waals surface area contributed by atoms with Crippen molar-refractivity contribution in [1.82, 2.24) is 14.8 Å². The number of guanidine groups is 1. The molecule has 0 fully saturated rings. The van der Waals surface area contributed by atoms with E-state index in [2.05, 4.69) is 25.9 Å². The molecule has 0 aliphatic carbocycles. The van der Waals surface area contributed by atoms with Crippen LogP contribution in [0.4, 0.5) is 14.4 Å². The third-order valence-corrected chi connectivity index (χ3v) is 6.57. The van der Waals surface area contributed by atoms with Crippen molar-refractivity contribution in [1.29, 1.82) is 5.41 Å². The summed E-state index contributed by atoms with van der Waals surface area (Å²) in [6, 6.07) is 3.46. The van der Waals surface area contributed by atoms with Crippen LogP contribution in [0, 0.1) is 5.41 Å². The Morgan fingerprint density at radius 2 is 1.26 bits per heavy atom. The van der Waals surface area contributed by atoms with Gasteiger partial charge in [0, 0.05) is 42.0 Å². The highest BCUT2D eigenvalue weighted by atomic mass is 79.9. The summed E-state index contributed by atoms with van der Waals surface area (Å²) in [5, 5.41) is 8.65. The predicted molar refractivity (Wildman–Crippen MR) is 188 cm³/mol. The smallest absolute Gasteiger partial charge is 0.437 e. The molecule has 1 N–H and O–H groups in total. The van der Waals surface area contributed by atoms with E-state index in [0.29, 0.717) is 43.0 Å². The number of ether oxygens (including phenoxy) is 4. The molecule has 1 heterocycles. The summed E-state index contributed by atoms with van der Waals surface area (Å²) in [4.78, 5) is 51.4. The molecule has 12 nitrogen and oxygen atoms in total. The minimum atomic E-state index is -0.954. The maximum Gasteiger partial charge on any atom is 0.437 e. The Balaban J connectivity index is 3.41. The highest BCUT2D eigenvalue weighted by Crippen LogP contribution is 2.19. The lowest BCUT2D eigenvalue weighted by molar-refractivity contribution is 0.0271. The Hall–Kier alpha value is -3.22. The molecule has 47 heavy (non-hydrogen) atoms. The van der Waals surface area contributed by atoms with Crippen LogP contribution in [0.2, 0.25) is 0 Å². The number of aliphatic imine (C=N–C) groups is 1. The Kier molecular flexibility index (Phi) is 17.4. The lowest BCUT2D eigenvalue weighted by atomic mass is 10.1. The molecule has 0 aliphatic rings. The number of rotatable bonds is 14. The van der Waals surface area contributed by atoms with Crippen LogP contribution >= 0.6 is 15.9 Å². The number of alkyl halides is 1. The summed E-state index contributed by atoms with van der Waals surface area (Å²) >= 11 is 3.45. The summed E-state index contributed by atoms with van der Waals surface area (Å²) in [5.41, 5.74) is -1.47. The Morgan fingerprint density at radius 3 is 1.70 bits per heavy atom. The Labute approximate surface area is 289 Å². The fourth-order valence-corrected chi connectivity index (χ4v) is 4.34. The number of hydrogen-bond donors (Lipinski definition) is 1. The van der Waals surface area contributed by atoms with Crippen LogP contribution in [0.3, 0.4) is 0 Å². The molecule has 0 saturated carbocycles. The summed E-state index contributed by atoms with van der Waals surface area (Å²) in [5.74, 6) is 0.196. The Morgan fingerprint density at radius 1 is 0.766 bits per heavy atom. The van der Waals surface area contributed by atoms with Crippen molar-refractivity contribution in [3.63, 3.8) is 0 Å². The average molecular weight is 727 g/mol. The van der Waals surface area contributed by atoms with E-state index in [0.717, 1.165) is 31.0 Å². The topological polar surface area (TPSA) is 144 Å². The van der Waals surface area contributed by atoms with Gasteiger partial charge in [0.25, 0.3) is 0 Å². The second kappa shape index (κ2) is 19.6. The van der Waals surface area contributed by atoms with E-state index in [1.165, 1.54) is 9.80 Å². The molecule has 1 rings (SSSR count). The van der Waals surface area contributed by atoms with Gasteiger partial charge in [-0.25, -0.2) is 29.2 Å². The van der Waals surface area contributed by atoms with E-state index in [9.17, 15) is 14.4 Å². The number of carbonyl (C=O) groups excluding carboxylic acids is 3. The van der Waals surface area contributed by atoms with Gasteiger partial charge in [-0.2, -0.15) is 0 Å². The van der Waals surface area contributed by atoms with Gasteiger partial charge in [0.05, 0.1) is 6.61 Å². The van der Waals surface area contributed by atoms with Crippen molar-refractivity contribution in [3.8, 4) is 5.88 Å². The quantitative estimate of drug-likeness (QED) is 0.0659. The highest BCUT2D eigenvalue weighted by molar-refractivity contribution is 9.09. The summed E-state index contributed by atoms with van der Waals surface area (Å²) < 4.78 is 22.7. The second-order valence-electron chi connectivity index (χ2n) is 14.2. The van der Waals surface area contributed by atoms with Gasteiger partial charge < -0.3 is 24.4 Å². The molecule has 0 spiro atoms. The van der Waals surface area contributed by atoms with Crippen molar-refractivity contribution in [2.75, 3.05) is 25.0 Å². The SMILES string of the molecule is CC(=N)c1ccc(OCCCCN(C(=O)OC(C)(C)C)C(=NC(=O)OC(C)(C)C)N(CCCCCCCBr)C(=O)OC(C)(C)C)nc1. The van der Waals surface area contributed by atoms with Crippen LogP contribution in [0.25, 0.3) is 0 Å². The zero-order chi connectivity index (χ0) is 35.8. The molecule has 1 aromatic rings. The van der Waals surface area contributed by atoms with Crippen LogP contribution in [-0.4, -0.2) is 86.6 Å². The zero-order valence-corrected chi connectivity index (χ0v) is 31.6. The number of amides is 3. The van der Waals surface area contributed by atoms with Gasteiger partial charge in [-0.15, -0.1) is 4.99 Å². The minimum absolute atomic E-state index is 0.0593. The fraction of sp³-hybridized carbons (Fsp3) is 0.706. The molecule has 0 aromatic carbocycles. The first kappa shape index (κ1) is 41.8. The first-order valence-corrected chi connectivity index (χ1v) is 17.4. The van der Waals surface area contributed by atoms with Gasteiger partial charge in [0.1, 0.15) is 16.8 Å². The van der Waals surface area contributed by atoms with Crippen molar-refractivity contribution >= 4 is 45.9 Å². The predicted octanol–water partition coefficient (Wildman–Crippen LogP) is 8.74. The van der Waals surface area contributed by atoms with E-state index in [1.807, 2.05) is 0 Å². The number of nitrogens with one attached hydrogen (secondary N) is 1. The first-order chi connectivity index (χ1) is 21.7. The number of aromatic nitrogens is 1. The summed E-state index contributed by atoms with van der Waals surface area (Å²) in [6.07, 6.45) is 4.48. The van der Waals surface area contributed by atoms with E-state index >= 15 is 0 Å². The normalized spacial score (nSPS) is 12.3. The monoisotopic (exact) mass is 725 g/mol. The third-order valence-electron chi connectivity index (χ3n) is 6.01. The van der Waals surface area contributed by atoms with Crippen LogP contribution < -0.4 is 4.74 Å². The summed E-state index contributed by atoms with van der Waals surface area (Å²) in [6.45, 7) is 17.8. The van der Waals surface area contributed by atoms with Crippen LogP contribution in [-0.2, 0) is 14.2 Å². The molecular formula is C34H56BrN5O7. The lowest BCUT2D eigenvalue weighted by Gasteiger charge is -2.34. The van der Waals surface area contributed by atoms with Gasteiger partial charge in [-0.05, 0) is 101 Å². The number of pyridine rings is 1.